The van der Waals surface area contributed by atoms with Gasteiger partial charge in [-0.2, -0.15) is 0 Å². The lowest BCUT2D eigenvalue weighted by Crippen LogP contribution is -3.00. The third-order valence-electron chi connectivity index (χ3n) is 4.28. The molecular formula is C20H38ClN6O4+. The first-order valence-corrected chi connectivity index (χ1v) is 10.6. The van der Waals surface area contributed by atoms with E-state index >= 15 is 0 Å². The first-order valence-electron chi connectivity index (χ1n) is 10.6. The number of ether oxygens (including phenoxy) is 1. The Morgan fingerprint density at radius 2 is 1.71 bits per heavy atom. The monoisotopic (exact) mass is 461 g/mol. The standard InChI is InChI=1S/C20H36N6O4.ClH/c1-20(2,3)30-19(29)14(9-5-7-11-22)26-18(28)16-15(24-13-25-16)17(27)23-12-8-4-6-10-21;/h13-14H,4-12,21-22H2,1-3H3,(H,23,27)(H,24,25)(H,26,28);1H/p+1/t14-;/m0./s1. The number of carbonyl (C=O) groups is 3. The molecule has 1 atom stereocenters. The number of quaternary nitrogens is 2. The summed E-state index contributed by atoms with van der Waals surface area (Å²) < 4.78 is 5.43. The van der Waals surface area contributed by atoms with Crippen molar-refractivity contribution in [2.45, 2.75) is 70.9 Å². The Kier molecular flexibility index (Phi) is 13.7. The van der Waals surface area contributed by atoms with Crippen molar-refractivity contribution < 1.29 is 43.0 Å². The van der Waals surface area contributed by atoms with E-state index in [1.54, 1.807) is 20.8 Å². The summed E-state index contributed by atoms with van der Waals surface area (Å²) in [4.78, 5) is 44.4. The van der Waals surface area contributed by atoms with Crippen LogP contribution in [0.1, 0.15) is 80.3 Å². The van der Waals surface area contributed by atoms with Crippen molar-refractivity contribution in [1.29, 1.82) is 0 Å². The van der Waals surface area contributed by atoms with Crippen LogP contribution in [-0.2, 0) is 9.53 Å². The van der Waals surface area contributed by atoms with E-state index in [9.17, 15) is 14.4 Å². The molecular weight excluding hydrogens is 424 g/mol. The summed E-state index contributed by atoms with van der Waals surface area (Å²) >= 11 is 0. The van der Waals surface area contributed by atoms with E-state index in [1.807, 2.05) is 0 Å². The number of nitrogens with one attached hydrogen (secondary N) is 3. The third-order valence-corrected chi connectivity index (χ3v) is 4.28. The molecule has 10 nitrogen and oxygen atoms in total. The molecule has 0 unspecified atom stereocenters. The molecule has 0 fully saturated rings. The maximum Gasteiger partial charge on any atom is 0.329 e. The van der Waals surface area contributed by atoms with Gasteiger partial charge in [0, 0.05) is 6.54 Å². The number of rotatable bonds is 13. The van der Waals surface area contributed by atoms with E-state index in [1.165, 1.54) is 6.33 Å². The van der Waals surface area contributed by atoms with Crippen LogP contribution < -0.4 is 34.5 Å². The van der Waals surface area contributed by atoms with Crippen LogP contribution in [0.15, 0.2) is 6.33 Å². The zero-order valence-corrected chi connectivity index (χ0v) is 19.6. The molecule has 0 aromatic carbocycles. The topological polar surface area (TPSA) is 168 Å². The Hall–Kier alpha value is -2.17. The molecule has 0 spiro atoms. The van der Waals surface area contributed by atoms with Gasteiger partial charge in [0.25, 0.3) is 11.8 Å². The van der Waals surface area contributed by atoms with Crippen molar-refractivity contribution in [3.63, 3.8) is 0 Å². The lowest BCUT2D eigenvalue weighted by atomic mass is 10.1. The summed E-state index contributed by atoms with van der Waals surface area (Å²) in [5.74, 6) is -1.51. The number of amides is 2. The summed E-state index contributed by atoms with van der Waals surface area (Å²) in [6.45, 7) is 7.43. The summed E-state index contributed by atoms with van der Waals surface area (Å²) in [6, 6.07) is -0.821. The van der Waals surface area contributed by atoms with Crippen LogP contribution in [0.4, 0.5) is 0 Å². The fourth-order valence-electron chi connectivity index (χ4n) is 2.78. The summed E-state index contributed by atoms with van der Waals surface area (Å²) in [5, 5.41) is 5.46. The van der Waals surface area contributed by atoms with Crippen molar-refractivity contribution in [2.24, 2.45) is 0 Å². The maximum absolute atomic E-state index is 12.8. The van der Waals surface area contributed by atoms with Crippen LogP contribution in [0.25, 0.3) is 0 Å². The quantitative estimate of drug-likeness (QED) is 0.151. The first-order chi connectivity index (χ1) is 14.2. The fourth-order valence-corrected chi connectivity index (χ4v) is 2.78. The average molecular weight is 462 g/mol. The van der Waals surface area contributed by atoms with Crippen LogP contribution >= 0.6 is 0 Å². The van der Waals surface area contributed by atoms with Gasteiger partial charge in [0.2, 0.25) is 0 Å². The van der Waals surface area contributed by atoms with Crippen LogP contribution in [0.2, 0.25) is 0 Å². The predicted octanol–water partition coefficient (Wildman–Crippen LogP) is -3.59. The Morgan fingerprint density at radius 3 is 2.32 bits per heavy atom. The lowest BCUT2D eigenvalue weighted by Gasteiger charge is -2.24. The molecule has 1 aromatic rings. The van der Waals surface area contributed by atoms with Gasteiger partial charge in [0.05, 0.1) is 19.4 Å². The number of nitrogens with zero attached hydrogens (tertiary/aromatic N) is 1. The number of carbonyl (C=O) groups excluding carboxylic acids is 3. The van der Waals surface area contributed by atoms with Crippen LogP contribution in [0.3, 0.4) is 0 Å². The minimum Gasteiger partial charge on any atom is -1.00 e. The number of aromatic amines is 1. The van der Waals surface area contributed by atoms with Gasteiger partial charge in [0.1, 0.15) is 17.3 Å². The fraction of sp³-hybridized carbons (Fsp3) is 0.700. The second-order valence-corrected chi connectivity index (χ2v) is 8.21. The molecule has 0 bridgehead atoms. The highest BCUT2D eigenvalue weighted by Crippen LogP contribution is 2.12. The second-order valence-electron chi connectivity index (χ2n) is 8.21. The summed E-state index contributed by atoms with van der Waals surface area (Å²) in [7, 11) is 0. The normalized spacial score (nSPS) is 11.9. The lowest BCUT2D eigenvalue weighted by molar-refractivity contribution is -0.368. The molecule has 0 saturated carbocycles. The number of H-pyrrole nitrogens is 1. The Labute approximate surface area is 190 Å². The number of esters is 1. The molecule has 178 valence electrons. The van der Waals surface area contributed by atoms with Crippen molar-refractivity contribution in [3.05, 3.63) is 17.7 Å². The molecule has 1 aromatic heterocycles. The number of unbranched alkanes of at least 4 members (excludes halogenated alkanes) is 3. The van der Waals surface area contributed by atoms with Crippen LogP contribution in [-0.4, -0.2) is 59.0 Å². The number of imidazole rings is 1. The number of hydrogen-bond donors (Lipinski definition) is 5. The van der Waals surface area contributed by atoms with E-state index < -0.39 is 29.4 Å². The smallest absolute Gasteiger partial charge is 0.329 e. The van der Waals surface area contributed by atoms with Gasteiger partial charge in [-0.05, 0) is 59.3 Å². The Morgan fingerprint density at radius 1 is 1.06 bits per heavy atom. The van der Waals surface area contributed by atoms with E-state index in [4.69, 9.17) is 4.74 Å². The van der Waals surface area contributed by atoms with Gasteiger partial charge in [-0.15, -0.1) is 0 Å². The van der Waals surface area contributed by atoms with Gasteiger partial charge in [-0.25, -0.2) is 9.78 Å². The molecule has 9 N–H and O–H groups in total. The second kappa shape index (κ2) is 14.8. The Bertz CT molecular complexity index is 689. The highest BCUT2D eigenvalue weighted by atomic mass is 35.5. The number of halogens is 1. The van der Waals surface area contributed by atoms with Gasteiger partial charge in [-0.3, -0.25) is 9.59 Å². The molecule has 0 aliphatic carbocycles. The molecule has 0 aliphatic heterocycles. The molecule has 0 radical (unpaired) electrons. The minimum absolute atomic E-state index is 0. The van der Waals surface area contributed by atoms with Gasteiger partial charge < -0.3 is 44.2 Å². The molecule has 0 aliphatic rings. The van der Waals surface area contributed by atoms with Crippen molar-refractivity contribution >= 4 is 17.8 Å². The zero-order valence-electron chi connectivity index (χ0n) is 18.9. The predicted molar refractivity (Wildman–Crippen MR) is 111 cm³/mol. The average Bonchev–Trinajstić information content (AvgIpc) is 3.15. The summed E-state index contributed by atoms with van der Waals surface area (Å²) in [5.41, 5.74) is 6.94. The number of aromatic nitrogens is 2. The number of hydrogen-bond acceptors (Lipinski definition) is 5. The molecule has 1 heterocycles. The van der Waals surface area contributed by atoms with E-state index in [2.05, 4.69) is 32.1 Å². The molecule has 11 heteroatoms. The van der Waals surface area contributed by atoms with Crippen molar-refractivity contribution in [3.8, 4) is 0 Å². The van der Waals surface area contributed by atoms with E-state index in [-0.39, 0.29) is 23.8 Å². The maximum atomic E-state index is 12.8. The third kappa shape index (κ3) is 11.1. The van der Waals surface area contributed by atoms with Gasteiger partial charge in [0.15, 0.2) is 5.69 Å². The largest absolute Gasteiger partial charge is 1.00 e. The van der Waals surface area contributed by atoms with Gasteiger partial charge in [-0.1, -0.05) is 0 Å². The van der Waals surface area contributed by atoms with E-state index in [0.717, 1.165) is 45.2 Å². The molecule has 2 amide bonds. The molecule has 31 heavy (non-hydrogen) atoms. The Balaban J connectivity index is 0.00000900. The van der Waals surface area contributed by atoms with Crippen LogP contribution in [0, 0.1) is 0 Å². The highest BCUT2D eigenvalue weighted by molar-refractivity contribution is 6.05. The highest BCUT2D eigenvalue weighted by Gasteiger charge is 2.29. The SMILES string of the molecule is CC(C)(C)OC(=O)[C@H](CCCC[NH3+])NC(=O)c1nc[nH]c1C(=O)NCCCCC[NH3+].[Cl-]. The van der Waals surface area contributed by atoms with Crippen LogP contribution in [0.5, 0.6) is 0 Å². The molecule has 0 saturated heterocycles. The zero-order chi connectivity index (χ0) is 22.6. The van der Waals surface area contributed by atoms with Gasteiger partial charge >= 0.3 is 5.97 Å². The first kappa shape index (κ1) is 28.8. The van der Waals surface area contributed by atoms with Crippen molar-refractivity contribution in [1.82, 2.24) is 20.6 Å². The summed E-state index contributed by atoms with van der Waals surface area (Å²) in [6.07, 6.45) is 6.09. The minimum atomic E-state index is -0.821. The van der Waals surface area contributed by atoms with Crippen molar-refractivity contribution in [2.75, 3.05) is 19.6 Å². The molecule has 1 rings (SSSR count). The van der Waals surface area contributed by atoms with E-state index in [0.29, 0.717) is 13.0 Å².